The van der Waals surface area contributed by atoms with Crippen molar-refractivity contribution in [1.29, 1.82) is 0 Å². The smallest absolute Gasteiger partial charge is 0.225 e. The molecule has 1 amide bonds. The summed E-state index contributed by atoms with van der Waals surface area (Å²) >= 11 is 0. The van der Waals surface area contributed by atoms with Gasteiger partial charge in [0.25, 0.3) is 0 Å². The SMILES string of the molecule is C[C@@H]1CN(C2CC(=O)NC(N3CCCCC[C@@H]3Cc3ccc(F)cc3)N2)CCO1. The van der Waals surface area contributed by atoms with Crippen molar-refractivity contribution in [2.24, 2.45) is 0 Å². The number of amides is 1. The van der Waals surface area contributed by atoms with Gasteiger partial charge in [0.05, 0.1) is 25.3 Å². The van der Waals surface area contributed by atoms with E-state index in [1.54, 1.807) is 0 Å². The van der Waals surface area contributed by atoms with Gasteiger partial charge in [0, 0.05) is 25.7 Å². The van der Waals surface area contributed by atoms with E-state index in [9.17, 15) is 9.18 Å². The Morgan fingerprint density at radius 3 is 2.79 bits per heavy atom. The number of ether oxygens (including phenoxy) is 1. The Morgan fingerprint density at radius 1 is 1.17 bits per heavy atom. The Labute approximate surface area is 172 Å². The van der Waals surface area contributed by atoms with Crippen molar-refractivity contribution >= 4 is 5.91 Å². The maximum absolute atomic E-state index is 13.3. The fourth-order valence-corrected chi connectivity index (χ4v) is 4.86. The summed E-state index contributed by atoms with van der Waals surface area (Å²) in [6.07, 6.45) is 6.02. The molecule has 3 aliphatic rings. The molecule has 3 heterocycles. The number of likely N-dealkylation sites (tertiary alicyclic amines) is 1. The molecule has 0 aliphatic carbocycles. The van der Waals surface area contributed by atoms with Crippen LogP contribution in [-0.2, 0) is 16.0 Å². The predicted octanol–water partition coefficient (Wildman–Crippen LogP) is 2.05. The van der Waals surface area contributed by atoms with Crippen LogP contribution in [0.15, 0.2) is 24.3 Å². The zero-order valence-corrected chi connectivity index (χ0v) is 17.3. The topological polar surface area (TPSA) is 56.8 Å². The van der Waals surface area contributed by atoms with E-state index >= 15 is 0 Å². The quantitative estimate of drug-likeness (QED) is 0.805. The first-order chi connectivity index (χ1) is 14.1. The second-order valence-electron chi connectivity index (χ2n) is 8.60. The van der Waals surface area contributed by atoms with Gasteiger partial charge in [-0.15, -0.1) is 0 Å². The molecule has 6 nitrogen and oxygen atoms in total. The molecule has 1 aromatic carbocycles. The molecule has 2 N–H and O–H groups in total. The highest BCUT2D eigenvalue weighted by molar-refractivity contribution is 5.77. The molecular formula is C22H33FN4O2. The Morgan fingerprint density at radius 2 is 2.00 bits per heavy atom. The van der Waals surface area contributed by atoms with Crippen LogP contribution in [0.4, 0.5) is 4.39 Å². The molecule has 0 bridgehead atoms. The van der Waals surface area contributed by atoms with E-state index < -0.39 is 0 Å². The minimum absolute atomic E-state index is 0.0369. The number of carbonyl (C=O) groups excluding carboxylic acids is 1. The number of morpholine rings is 1. The van der Waals surface area contributed by atoms with Crippen LogP contribution in [0.2, 0.25) is 0 Å². The number of benzene rings is 1. The van der Waals surface area contributed by atoms with Gasteiger partial charge in [0.2, 0.25) is 5.91 Å². The lowest BCUT2D eigenvalue weighted by molar-refractivity contribution is -0.133. The van der Waals surface area contributed by atoms with Crippen molar-refractivity contribution in [3.63, 3.8) is 0 Å². The molecule has 1 aromatic rings. The molecule has 3 saturated heterocycles. The number of halogens is 1. The molecule has 0 saturated carbocycles. The third-order valence-electron chi connectivity index (χ3n) is 6.38. The summed E-state index contributed by atoms with van der Waals surface area (Å²) in [4.78, 5) is 17.3. The monoisotopic (exact) mass is 404 g/mol. The first-order valence-electron chi connectivity index (χ1n) is 11.0. The molecule has 0 aromatic heterocycles. The minimum atomic E-state index is -0.199. The van der Waals surface area contributed by atoms with E-state index in [0.717, 1.165) is 44.5 Å². The van der Waals surface area contributed by atoms with Crippen molar-refractivity contribution in [2.75, 3.05) is 26.2 Å². The van der Waals surface area contributed by atoms with Gasteiger partial charge < -0.3 is 10.1 Å². The van der Waals surface area contributed by atoms with Gasteiger partial charge in [-0.3, -0.25) is 19.9 Å². The zero-order valence-electron chi connectivity index (χ0n) is 17.3. The number of hydrogen-bond donors (Lipinski definition) is 2. The molecule has 0 radical (unpaired) electrons. The molecule has 2 unspecified atom stereocenters. The van der Waals surface area contributed by atoms with Crippen molar-refractivity contribution in [3.05, 3.63) is 35.6 Å². The van der Waals surface area contributed by atoms with E-state index in [1.165, 1.54) is 25.0 Å². The molecule has 3 fully saturated rings. The molecule has 160 valence electrons. The molecule has 29 heavy (non-hydrogen) atoms. The highest BCUT2D eigenvalue weighted by Gasteiger charge is 2.37. The van der Waals surface area contributed by atoms with Gasteiger partial charge in [-0.1, -0.05) is 25.0 Å². The molecule has 4 atom stereocenters. The van der Waals surface area contributed by atoms with Crippen molar-refractivity contribution < 1.29 is 13.9 Å². The predicted molar refractivity (Wildman–Crippen MR) is 110 cm³/mol. The van der Waals surface area contributed by atoms with Crippen molar-refractivity contribution in [3.8, 4) is 0 Å². The summed E-state index contributed by atoms with van der Waals surface area (Å²) in [7, 11) is 0. The number of rotatable bonds is 4. The lowest BCUT2D eigenvalue weighted by Crippen LogP contribution is -2.69. The average molecular weight is 405 g/mol. The molecule has 0 spiro atoms. The van der Waals surface area contributed by atoms with Gasteiger partial charge in [0.1, 0.15) is 12.1 Å². The van der Waals surface area contributed by atoms with E-state index in [-0.39, 0.29) is 30.3 Å². The van der Waals surface area contributed by atoms with E-state index in [4.69, 9.17) is 4.74 Å². The molecule has 7 heteroatoms. The fourth-order valence-electron chi connectivity index (χ4n) is 4.86. The highest BCUT2D eigenvalue weighted by atomic mass is 19.1. The van der Waals surface area contributed by atoms with Crippen LogP contribution in [0.5, 0.6) is 0 Å². The third-order valence-corrected chi connectivity index (χ3v) is 6.38. The normalized spacial score (nSPS) is 32.6. The lowest BCUT2D eigenvalue weighted by atomic mass is 10.0. The maximum atomic E-state index is 13.3. The summed E-state index contributed by atoms with van der Waals surface area (Å²) in [6.45, 7) is 5.44. The average Bonchev–Trinajstić information content (AvgIpc) is 2.95. The Kier molecular flexibility index (Phi) is 6.80. The van der Waals surface area contributed by atoms with Crippen LogP contribution in [0.25, 0.3) is 0 Å². The van der Waals surface area contributed by atoms with E-state index in [0.29, 0.717) is 19.1 Å². The summed E-state index contributed by atoms with van der Waals surface area (Å²) in [6, 6.07) is 7.15. The molecule has 3 aliphatic heterocycles. The summed E-state index contributed by atoms with van der Waals surface area (Å²) in [5.41, 5.74) is 1.14. The fraction of sp³-hybridized carbons (Fsp3) is 0.682. The van der Waals surface area contributed by atoms with E-state index in [1.807, 2.05) is 12.1 Å². The van der Waals surface area contributed by atoms with Crippen molar-refractivity contribution in [1.82, 2.24) is 20.4 Å². The minimum Gasteiger partial charge on any atom is -0.376 e. The largest absolute Gasteiger partial charge is 0.376 e. The number of hydrogen-bond acceptors (Lipinski definition) is 5. The second-order valence-corrected chi connectivity index (χ2v) is 8.60. The van der Waals surface area contributed by atoms with Gasteiger partial charge in [0.15, 0.2) is 0 Å². The number of nitrogens with one attached hydrogen (secondary N) is 2. The van der Waals surface area contributed by atoms with Crippen LogP contribution in [-0.4, -0.2) is 66.5 Å². The van der Waals surface area contributed by atoms with Gasteiger partial charge >= 0.3 is 0 Å². The number of nitrogens with zero attached hydrogens (tertiary/aromatic N) is 2. The van der Waals surface area contributed by atoms with Gasteiger partial charge in [-0.2, -0.15) is 0 Å². The van der Waals surface area contributed by atoms with E-state index in [2.05, 4.69) is 27.4 Å². The first kappa shape index (κ1) is 20.7. The summed E-state index contributed by atoms with van der Waals surface area (Å²) < 4.78 is 19.0. The zero-order chi connectivity index (χ0) is 20.2. The number of carbonyl (C=O) groups is 1. The van der Waals surface area contributed by atoms with Crippen LogP contribution in [0.3, 0.4) is 0 Å². The third kappa shape index (κ3) is 5.34. The Bertz CT molecular complexity index is 686. The Hall–Kier alpha value is -1.54. The first-order valence-corrected chi connectivity index (χ1v) is 11.0. The van der Waals surface area contributed by atoms with Crippen molar-refractivity contribution in [2.45, 2.75) is 70.0 Å². The maximum Gasteiger partial charge on any atom is 0.225 e. The van der Waals surface area contributed by atoms with Crippen LogP contribution >= 0.6 is 0 Å². The van der Waals surface area contributed by atoms with Crippen LogP contribution in [0.1, 0.15) is 44.6 Å². The molecule has 4 rings (SSSR count). The summed E-state index contributed by atoms with van der Waals surface area (Å²) in [5.74, 6) is -0.0991. The van der Waals surface area contributed by atoms with Gasteiger partial charge in [-0.25, -0.2) is 4.39 Å². The Balaban J connectivity index is 1.47. The van der Waals surface area contributed by atoms with Gasteiger partial charge in [-0.05, 0) is 43.9 Å². The standard InChI is InChI=1S/C22H33FN4O2/c1-16-15-26(11-12-29-16)20-14-21(28)25-22(24-20)27-10-4-2-3-5-19(27)13-17-6-8-18(23)9-7-17/h6-9,16,19-20,22,24H,2-5,10-15H2,1H3,(H,25,28)/t16-,19-,20?,22?/m1/s1. The van der Waals surface area contributed by atoms with Crippen LogP contribution in [0, 0.1) is 5.82 Å². The molecular weight excluding hydrogens is 371 g/mol. The lowest BCUT2D eigenvalue weighted by Gasteiger charge is -2.46. The second kappa shape index (κ2) is 9.51. The summed E-state index contributed by atoms with van der Waals surface area (Å²) in [5, 5.41) is 6.88. The van der Waals surface area contributed by atoms with Crippen LogP contribution < -0.4 is 10.6 Å². The highest BCUT2D eigenvalue weighted by Crippen LogP contribution is 2.23.